The summed E-state index contributed by atoms with van der Waals surface area (Å²) in [6.07, 6.45) is -2.51. The zero-order valence-electron chi connectivity index (χ0n) is 9.78. The Morgan fingerprint density at radius 3 is 2.55 bits per heavy atom. The highest BCUT2D eigenvalue weighted by Crippen LogP contribution is 2.37. The van der Waals surface area contributed by atoms with E-state index < -0.39 is 17.7 Å². The third-order valence-corrected chi connectivity index (χ3v) is 2.80. The van der Waals surface area contributed by atoms with Crippen molar-refractivity contribution in [2.45, 2.75) is 6.18 Å². The van der Waals surface area contributed by atoms with E-state index in [9.17, 15) is 18.0 Å². The molecule has 0 unspecified atom stereocenters. The summed E-state index contributed by atoms with van der Waals surface area (Å²) < 4.78 is 38.7. The van der Waals surface area contributed by atoms with Crippen molar-refractivity contribution < 1.29 is 23.1 Å². The molecular weight excluding hydrogens is 295 g/mol. The zero-order chi connectivity index (χ0) is 14.9. The van der Waals surface area contributed by atoms with Gasteiger partial charge in [0, 0.05) is 23.0 Å². The van der Waals surface area contributed by atoms with Crippen LogP contribution in [0.3, 0.4) is 0 Å². The number of alkyl halides is 3. The lowest BCUT2D eigenvalue weighted by Crippen LogP contribution is -2.07. The Balaban J connectivity index is 2.66. The maximum absolute atomic E-state index is 12.9. The second kappa shape index (κ2) is 5.13. The highest BCUT2D eigenvalue weighted by molar-refractivity contribution is 6.31. The predicted molar refractivity (Wildman–Crippen MR) is 66.6 cm³/mol. The van der Waals surface area contributed by atoms with Crippen molar-refractivity contribution in [1.82, 2.24) is 4.98 Å². The molecule has 3 nitrogen and oxygen atoms in total. The molecule has 0 bridgehead atoms. The first-order valence-corrected chi connectivity index (χ1v) is 5.72. The molecule has 0 aliphatic rings. The first kappa shape index (κ1) is 14.3. The van der Waals surface area contributed by atoms with Crippen LogP contribution in [0.4, 0.5) is 13.2 Å². The van der Waals surface area contributed by atoms with Gasteiger partial charge in [-0.3, -0.25) is 4.98 Å². The van der Waals surface area contributed by atoms with Gasteiger partial charge in [0.15, 0.2) is 0 Å². The molecule has 7 heteroatoms. The summed E-state index contributed by atoms with van der Waals surface area (Å²) in [4.78, 5) is 14.6. The highest BCUT2D eigenvalue weighted by atomic mass is 35.5. The number of carbonyl (C=O) groups is 1. The third kappa shape index (κ3) is 2.91. The molecule has 0 atom stereocenters. The molecule has 0 aliphatic heterocycles. The molecule has 0 radical (unpaired) electrons. The lowest BCUT2D eigenvalue weighted by Gasteiger charge is -2.12. The molecule has 0 saturated heterocycles. The smallest absolute Gasteiger partial charge is 0.417 e. The summed E-state index contributed by atoms with van der Waals surface area (Å²) in [6.45, 7) is 0. The largest absolute Gasteiger partial charge is 0.478 e. The Hall–Kier alpha value is -2.08. The first-order chi connectivity index (χ1) is 9.29. The fourth-order valence-electron chi connectivity index (χ4n) is 1.74. The van der Waals surface area contributed by atoms with Crippen molar-refractivity contribution in [2.75, 3.05) is 0 Å². The van der Waals surface area contributed by atoms with Crippen molar-refractivity contribution in [1.29, 1.82) is 0 Å². The number of carboxylic acids is 1. The summed E-state index contributed by atoms with van der Waals surface area (Å²) in [5.41, 5.74) is -1.25. The molecular formula is C13H7ClF3NO2. The average molecular weight is 302 g/mol. The Morgan fingerprint density at radius 1 is 1.25 bits per heavy atom. The predicted octanol–water partition coefficient (Wildman–Crippen LogP) is 4.12. The topological polar surface area (TPSA) is 50.2 Å². The number of hydrogen-bond acceptors (Lipinski definition) is 2. The number of aromatic nitrogens is 1. The third-order valence-electron chi connectivity index (χ3n) is 2.58. The van der Waals surface area contributed by atoms with Crippen LogP contribution in [0.2, 0.25) is 5.02 Å². The van der Waals surface area contributed by atoms with Gasteiger partial charge in [0.1, 0.15) is 0 Å². The van der Waals surface area contributed by atoms with Crippen LogP contribution in [0.15, 0.2) is 36.7 Å². The van der Waals surface area contributed by atoms with Gasteiger partial charge in [0.2, 0.25) is 0 Å². The van der Waals surface area contributed by atoms with Gasteiger partial charge >= 0.3 is 12.1 Å². The van der Waals surface area contributed by atoms with E-state index in [-0.39, 0.29) is 21.7 Å². The second-order valence-corrected chi connectivity index (χ2v) is 4.39. The van der Waals surface area contributed by atoms with E-state index in [1.165, 1.54) is 6.07 Å². The van der Waals surface area contributed by atoms with Crippen LogP contribution in [-0.2, 0) is 6.18 Å². The zero-order valence-corrected chi connectivity index (χ0v) is 10.5. The van der Waals surface area contributed by atoms with Crippen molar-refractivity contribution in [3.8, 4) is 11.1 Å². The summed E-state index contributed by atoms with van der Waals surface area (Å²) in [6, 6.07) is 4.38. The van der Waals surface area contributed by atoms with E-state index >= 15 is 0 Å². The van der Waals surface area contributed by atoms with Crippen LogP contribution in [0.1, 0.15) is 15.9 Å². The van der Waals surface area contributed by atoms with Crippen molar-refractivity contribution >= 4 is 17.6 Å². The second-order valence-electron chi connectivity index (χ2n) is 3.95. The lowest BCUT2D eigenvalue weighted by atomic mass is 10.00. The number of benzene rings is 1. The van der Waals surface area contributed by atoms with E-state index in [0.717, 1.165) is 30.6 Å². The molecule has 0 saturated carbocycles. The molecule has 20 heavy (non-hydrogen) atoms. The first-order valence-electron chi connectivity index (χ1n) is 5.34. The number of hydrogen-bond donors (Lipinski definition) is 1. The van der Waals surface area contributed by atoms with Crippen LogP contribution >= 0.6 is 11.6 Å². The molecule has 1 heterocycles. The summed E-state index contributed by atoms with van der Waals surface area (Å²) >= 11 is 5.75. The van der Waals surface area contributed by atoms with E-state index in [4.69, 9.17) is 16.7 Å². The normalized spacial score (nSPS) is 11.4. The van der Waals surface area contributed by atoms with E-state index in [0.29, 0.717) is 0 Å². The standard InChI is InChI=1S/C13H7ClF3NO2/c14-9-4-7(3-8(5-9)12(19)20)10-6-18-2-1-11(10)13(15,16)17/h1-6H,(H,19,20). The fourth-order valence-corrected chi connectivity index (χ4v) is 1.98. The van der Waals surface area contributed by atoms with Crippen LogP contribution in [0, 0.1) is 0 Å². The Kier molecular flexibility index (Phi) is 3.67. The minimum Gasteiger partial charge on any atom is -0.478 e. The number of halogens is 4. The summed E-state index contributed by atoms with van der Waals surface area (Å²) in [7, 11) is 0. The highest BCUT2D eigenvalue weighted by Gasteiger charge is 2.33. The van der Waals surface area contributed by atoms with Gasteiger partial charge < -0.3 is 5.11 Å². The van der Waals surface area contributed by atoms with Crippen LogP contribution in [-0.4, -0.2) is 16.1 Å². The monoisotopic (exact) mass is 301 g/mol. The fraction of sp³-hybridized carbons (Fsp3) is 0.0769. The lowest BCUT2D eigenvalue weighted by molar-refractivity contribution is -0.137. The van der Waals surface area contributed by atoms with E-state index in [1.54, 1.807) is 0 Å². The van der Waals surface area contributed by atoms with Gasteiger partial charge in [0.05, 0.1) is 11.1 Å². The van der Waals surface area contributed by atoms with Crippen LogP contribution in [0.5, 0.6) is 0 Å². The number of aromatic carboxylic acids is 1. The summed E-state index contributed by atoms with van der Waals surface area (Å²) in [5.74, 6) is -1.27. The molecule has 0 spiro atoms. The summed E-state index contributed by atoms with van der Waals surface area (Å²) in [5, 5.41) is 8.95. The van der Waals surface area contributed by atoms with E-state index in [2.05, 4.69) is 4.98 Å². The molecule has 0 aliphatic carbocycles. The van der Waals surface area contributed by atoms with Crippen molar-refractivity contribution in [3.63, 3.8) is 0 Å². The quantitative estimate of drug-likeness (QED) is 0.907. The maximum atomic E-state index is 12.9. The molecule has 2 rings (SSSR count). The number of pyridine rings is 1. The van der Waals surface area contributed by atoms with Gasteiger partial charge in [0.25, 0.3) is 0 Å². The van der Waals surface area contributed by atoms with Gasteiger partial charge in [-0.25, -0.2) is 4.79 Å². The molecule has 1 N–H and O–H groups in total. The minimum atomic E-state index is -4.57. The maximum Gasteiger partial charge on any atom is 0.417 e. The molecule has 1 aromatic carbocycles. The van der Waals surface area contributed by atoms with Crippen LogP contribution in [0.25, 0.3) is 11.1 Å². The number of rotatable bonds is 2. The van der Waals surface area contributed by atoms with E-state index in [1.807, 2.05) is 0 Å². The Morgan fingerprint density at radius 2 is 1.95 bits per heavy atom. The van der Waals surface area contributed by atoms with Gasteiger partial charge in [-0.1, -0.05) is 11.6 Å². The average Bonchev–Trinajstić information content (AvgIpc) is 2.37. The molecule has 0 fully saturated rings. The SMILES string of the molecule is O=C(O)c1cc(Cl)cc(-c2cnccc2C(F)(F)F)c1. The van der Waals surface area contributed by atoms with Crippen LogP contribution < -0.4 is 0 Å². The molecule has 2 aromatic rings. The van der Waals surface area contributed by atoms with Crippen molar-refractivity contribution in [3.05, 3.63) is 52.8 Å². The number of nitrogens with zero attached hydrogens (tertiary/aromatic N) is 1. The van der Waals surface area contributed by atoms with Gasteiger partial charge in [-0.15, -0.1) is 0 Å². The number of carboxylic acid groups (broad SMARTS) is 1. The van der Waals surface area contributed by atoms with Gasteiger partial charge in [-0.05, 0) is 29.8 Å². The Bertz CT molecular complexity index is 671. The Labute approximate surface area is 116 Å². The molecule has 1 aromatic heterocycles. The van der Waals surface area contributed by atoms with Crippen molar-refractivity contribution in [2.24, 2.45) is 0 Å². The molecule has 0 amide bonds. The minimum absolute atomic E-state index is 0.0388. The molecule has 104 valence electrons. The van der Waals surface area contributed by atoms with Gasteiger partial charge in [-0.2, -0.15) is 13.2 Å².